The number of aromatic nitrogens is 1. The van der Waals surface area contributed by atoms with Crippen molar-refractivity contribution >= 4 is 22.5 Å². The molecule has 1 aromatic carbocycles. The van der Waals surface area contributed by atoms with Crippen LogP contribution in [0.3, 0.4) is 0 Å². The Kier molecular flexibility index (Phi) is 5.81. The zero-order valence-corrected chi connectivity index (χ0v) is 14.5. The van der Waals surface area contributed by atoms with Gasteiger partial charge in [0, 0.05) is 24.0 Å². The van der Waals surface area contributed by atoms with Crippen LogP contribution in [-0.4, -0.2) is 34.9 Å². The van der Waals surface area contributed by atoms with Crippen LogP contribution in [0.4, 0.5) is 5.69 Å². The number of anilines is 1. The third-order valence-corrected chi connectivity index (χ3v) is 4.96. The number of hydrogen-bond donors (Lipinski definition) is 1. The van der Waals surface area contributed by atoms with E-state index in [1.807, 2.05) is 30.3 Å². The lowest BCUT2D eigenvalue weighted by molar-refractivity contribution is -0.116. The first-order chi connectivity index (χ1) is 11.7. The molecule has 0 aliphatic carbocycles. The van der Waals surface area contributed by atoms with Gasteiger partial charge in [0.1, 0.15) is 0 Å². The van der Waals surface area contributed by atoms with Crippen LogP contribution < -0.4 is 5.32 Å². The monoisotopic (exact) mass is 325 g/mol. The summed E-state index contributed by atoms with van der Waals surface area (Å²) in [6.07, 6.45) is 8.50. The summed E-state index contributed by atoms with van der Waals surface area (Å²) in [6, 6.07) is 10.3. The first kappa shape index (κ1) is 16.9. The Bertz CT molecular complexity index is 672. The van der Waals surface area contributed by atoms with Crippen molar-refractivity contribution in [3.8, 4) is 0 Å². The molecule has 1 atom stereocenters. The smallest absolute Gasteiger partial charge is 0.224 e. The van der Waals surface area contributed by atoms with Gasteiger partial charge in [-0.1, -0.05) is 31.0 Å². The molecule has 0 spiro atoms. The summed E-state index contributed by atoms with van der Waals surface area (Å²) < 4.78 is 0. The maximum atomic E-state index is 12.4. The average molecular weight is 325 g/mol. The van der Waals surface area contributed by atoms with Crippen molar-refractivity contribution in [3.05, 3.63) is 36.5 Å². The zero-order valence-electron chi connectivity index (χ0n) is 14.5. The van der Waals surface area contributed by atoms with Gasteiger partial charge in [-0.3, -0.25) is 9.78 Å². The Morgan fingerprint density at radius 2 is 1.92 bits per heavy atom. The molecule has 24 heavy (non-hydrogen) atoms. The maximum Gasteiger partial charge on any atom is 0.224 e. The average Bonchev–Trinajstić information content (AvgIpc) is 2.89. The molecule has 0 radical (unpaired) electrons. The lowest BCUT2D eigenvalue weighted by Crippen LogP contribution is -2.34. The molecule has 2 aromatic rings. The Labute approximate surface area is 144 Å². The van der Waals surface area contributed by atoms with Crippen molar-refractivity contribution in [2.24, 2.45) is 0 Å². The first-order valence-corrected chi connectivity index (χ1v) is 9.12. The molecule has 0 saturated carbocycles. The first-order valence-electron chi connectivity index (χ1n) is 9.12. The molecule has 1 aliphatic heterocycles. The largest absolute Gasteiger partial charge is 0.324 e. The minimum absolute atomic E-state index is 0.0785. The second kappa shape index (κ2) is 8.25. The van der Waals surface area contributed by atoms with Crippen LogP contribution in [0.2, 0.25) is 0 Å². The van der Waals surface area contributed by atoms with Crippen molar-refractivity contribution < 1.29 is 4.79 Å². The highest BCUT2D eigenvalue weighted by atomic mass is 16.1. The summed E-state index contributed by atoms with van der Waals surface area (Å²) >= 11 is 0. The van der Waals surface area contributed by atoms with E-state index in [4.69, 9.17) is 0 Å². The summed E-state index contributed by atoms with van der Waals surface area (Å²) in [6.45, 7) is 4.60. The molecule has 2 heterocycles. The number of para-hydroxylation sites is 1. The number of hydrogen-bond acceptors (Lipinski definition) is 3. The molecular formula is C20H27N3O. The minimum Gasteiger partial charge on any atom is -0.324 e. The number of carbonyl (C=O) groups is 1. The quantitative estimate of drug-likeness (QED) is 0.895. The SMILES string of the molecule is CC(CCC(=O)Nc1cccc2cccnc12)N1CCCCCC1. The van der Waals surface area contributed by atoms with Gasteiger partial charge in [-0.15, -0.1) is 0 Å². The molecular weight excluding hydrogens is 298 g/mol. The second-order valence-electron chi connectivity index (χ2n) is 6.77. The lowest BCUT2D eigenvalue weighted by atomic mass is 10.1. The second-order valence-corrected chi connectivity index (χ2v) is 6.77. The summed E-state index contributed by atoms with van der Waals surface area (Å²) in [5.74, 6) is 0.0785. The van der Waals surface area contributed by atoms with Crippen LogP contribution in [0.25, 0.3) is 10.9 Å². The predicted octanol–water partition coefficient (Wildman–Crippen LogP) is 4.22. The Hall–Kier alpha value is -1.94. The number of pyridine rings is 1. The van der Waals surface area contributed by atoms with Crippen LogP contribution in [0, 0.1) is 0 Å². The highest BCUT2D eigenvalue weighted by Gasteiger charge is 2.17. The van der Waals surface area contributed by atoms with Crippen LogP contribution >= 0.6 is 0 Å². The molecule has 1 fully saturated rings. The topological polar surface area (TPSA) is 45.2 Å². The number of amides is 1. The van der Waals surface area contributed by atoms with Crippen molar-refractivity contribution in [3.63, 3.8) is 0 Å². The van der Waals surface area contributed by atoms with E-state index in [-0.39, 0.29) is 5.91 Å². The molecule has 1 N–H and O–H groups in total. The number of carbonyl (C=O) groups excluding carboxylic acids is 1. The number of nitrogens with zero attached hydrogens (tertiary/aromatic N) is 2. The highest BCUT2D eigenvalue weighted by Crippen LogP contribution is 2.21. The molecule has 4 nitrogen and oxygen atoms in total. The summed E-state index contributed by atoms with van der Waals surface area (Å²) in [4.78, 5) is 19.3. The summed E-state index contributed by atoms with van der Waals surface area (Å²) in [5.41, 5.74) is 1.66. The fourth-order valence-electron chi connectivity index (χ4n) is 3.48. The molecule has 1 unspecified atom stereocenters. The van der Waals surface area contributed by atoms with E-state index in [0.29, 0.717) is 12.5 Å². The van der Waals surface area contributed by atoms with Crippen molar-refractivity contribution in [2.75, 3.05) is 18.4 Å². The highest BCUT2D eigenvalue weighted by molar-refractivity contribution is 6.00. The number of fused-ring (bicyclic) bond motifs is 1. The number of benzene rings is 1. The predicted molar refractivity (Wildman–Crippen MR) is 99.1 cm³/mol. The van der Waals surface area contributed by atoms with E-state index in [2.05, 4.69) is 22.1 Å². The Balaban J connectivity index is 1.55. The third-order valence-electron chi connectivity index (χ3n) is 4.96. The van der Waals surface area contributed by atoms with Gasteiger partial charge in [-0.25, -0.2) is 0 Å². The fraction of sp³-hybridized carbons (Fsp3) is 0.500. The fourth-order valence-corrected chi connectivity index (χ4v) is 3.48. The van der Waals surface area contributed by atoms with Gasteiger partial charge in [0.25, 0.3) is 0 Å². The molecule has 1 amide bonds. The van der Waals surface area contributed by atoms with Crippen molar-refractivity contribution in [2.45, 2.75) is 51.5 Å². The number of likely N-dealkylation sites (tertiary alicyclic amines) is 1. The van der Waals surface area contributed by atoms with Gasteiger partial charge in [0.2, 0.25) is 5.91 Å². The van der Waals surface area contributed by atoms with E-state index in [9.17, 15) is 4.79 Å². The maximum absolute atomic E-state index is 12.4. The number of rotatable bonds is 5. The molecule has 1 aliphatic rings. The molecule has 0 bridgehead atoms. The molecule has 1 saturated heterocycles. The van der Waals surface area contributed by atoms with Gasteiger partial charge >= 0.3 is 0 Å². The normalized spacial score (nSPS) is 17.4. The lowest BCUT2D eigenvalue weighted by Gasteiger charge is -2.27. The van der Waals surface area contributed by atoms with Gasteiger partial charge in [-0.2, -0.15) is 0 Å². The van der Waals surface area contributed by atoms with Gasteiger partial charge < -0.3 is 10.2 Å². The van der Waals surface area contributed by atoms with Crippen LogP contribution in [0.5, 0.6) is 0 Å². The summed E-state index contributed by atoms with van der Waals surface area (Å²) in [5, 5.41) is 4.08. The van der Waals surface area contributed by atoms with Gasteiger partial charge in [0.15, 0.2) is 0 Å². The van der Waals surface area contributed by atoms with Crippen LogP contribution in [0.1, 0.15) is 45.4 Å². The molecule has 128 valence electrons. The minimum atomic E-state index is 0.0785. The van der Waals surface area contributed by atoms with E-state index in [1.54, 1.807) is 6.20 Å². The van der Waals surface area contributed by atoms with E-state index in [0.717, 1.165) is 23.0 Å². The third kappa shape index (κ3) is 4.32. The van der Waals surface area contributed by atoms with Gasteiger partial charge in [-0.05, 0) is 51.4 Å². The molecule has 4 heteroatoms. The molecule has 3 rings (SSSR count). The molecule has 1 aromatic heterocycles. The van der Waals surface area contributed by atoms with Crippen LogP contribution in [-0.2, 0) is 4.79 Å². The zero-order chi connectivity index (χ0) is 16.8. The van der Waals surface area contributed by atoms with Crippen molar-refractivity contribution in [1.82, 2.24) is 9.88 Å². The van der Waals surface area contributed by atoms with E-state index >= 15 is 0 Å². The standard InChI is InChI=1S/C20H27N3O/c1-16(23-14-4-2-3-5-15-23)11-12-19(24)22-18-10-6-8-17-9-7-13-21-20(17)18/h6-10,13,16H,2-5,11-12,14-15H2,1H3,(H,22,24). The van der Waals surface area contributed by atoms with E-state index < -0.39 is 0 Å². The Morgan fingerprint density at radius 1 is 1.17 bits per heavy atom. The Morgan fingerprint density at radius 3 is 2.71 bits per heavy atom. The number of nitrogens with one attached hydrogen (secondary N) is 1. The van der Waals surface area contributed by atoms with Crippen LogP contribution in [0.15, 0.2) is 36.5 Å². The van der Waals surface area contributed by atoms with Gasteiger partial charge in [0.05, 0.1) is 11.2 Å². The van der Waals surface area contributed by atoms with Crippen molar-refractivity contribution in [1.29, 1.82) is 0 Å². The van der Waals surface area contributed by atoms with E-state index in [1.165, 1.54) is 38.8 Å². The summed E-state index contributed by atoms with van der Waals surface area (Å²) in [7, 11) is 0.